The first-order valence-electron chi connectivity index (χ1n) is 5.71. The van der Waals surface area contributed by atoms with Crippen molar-refractivity contribution in [3.8, 4) is 0 Å². The van der Waals surface area contributed by atoms with E-state index in [1.807, 2.05) is 0 Å². The van der Waals surface area contributed by atoms with Gasteiger partial charge < -0.3 is 5.32 Å². The number of hydrogen-bond acceptors (Lipinski definition) is 4. The highest BCUT2D eigenvalue weighted by molar-refractivity contribution is 9.10. The SMILES string of the molecule is CC(=O)Nc1cccc(C(=O)Nc2ncc(Br)cn2)c1. The minimum atomic E-state index is -0.348. The highest BCUT2D eigenvalue weighted by Crippen LogP contribution is 2.12. The fourth-order valence-electron chi connectivity index (χ4n) is 1.49. The predicted octanol–water partition coefficient (Wildman–Crippen LogP) is 2.45. The summed E-state index contributed by atoms with van der Waals surface area (Å²) in [7, 11) is 0. The van der Waals surface area contributed by atoms with Gasteiger partial charge in [0.25, 0.3) is 5.91 Å². The number of carbonyl (C=O) groups is 2. The molecule has 2 amide bonds. The molecule has 1 heterocycles. The maximum Gasteiger partial charge on any atom is 0.258 e. The van der Waals surface area contributed by atoms with E-state index in [0.29, 0.717) is 11.3 Å². The van der Waals surface area contributed by atoms with Crippen molar-refractivity contribution in [1.82, 2.24) is 9.97 Å². The molecule has 0 spiro atoms. The van der Waals surface area contributed by atoms with Crippen molar-refractivity contribution in [2.75, 3.05) is 10.6 Å². The van der Waals surface area contributed by atoms with Crippen LogP contribution < -0.4 is 10.6 Å². The van der Waals surface area contributed by atoms with Gasteiger partial charge in [-0.2, -0.15) is 0 Å². The number of nitrogens with one attached hydrogen (secondary N) is 2. The molecule has 0 saturated carbocycles. The van der Waals surface area contributed by atoms with Crippen LogP contribution in [0.1, 0.15) is 17.3 Å². The van der Waals surface area contributed by atoms with E-state index in [-0.39, 0.29) is 17.8 Å². The minimum absolute atomic E-state index is 0.196. The molecule has 1 aromatic carbocycles. The second kappa shape index (κ2) is 6.25. The van der Waals surface area contributed by atoms with Gasteiger partial charge in [0.1, 0.15) is 0 Å². The molecule has 0 atom stereocenters. The van der Waals surface area contributed by atoms with Crippen LogP contribution >= 0.6 is 15.9 Å². The zero-order valence-corrected chi connectivity index (χ0v) is 12.1. The van der Waals surface area contributed by atoms with Crippen LogP contribution in [0.25, 0.3) is 0 Å². The van der Waals surface area contributed by atoms with Crippen LogP contribution in [0.4, 0.5) is 11.6 Å². The van der Waals surface area contributed by atoms with Gasteiger partial charge in [-0.25, -0.2) is 9.97 Å². The number of rotatable bonds is 3. The number of benzene rings is 1. The van der Waals surface area contributed by atoms with Crippen LogP contribution in [0.5, 0.6) is 0 Å². The number of aromatic nitrogens is 2. The number of amides is 2. The average Bonchev–Trinajstić information content (AvgIpc) is 2.41. The Bertz CT molecular complexity index is 643. The normalized spacial score (nSPS) is 9.90. The van der Waals surface area contributed by atoms with E-state index in [1.165, 1.54) is 19.3 Å². The van der Waals surface area contributed by atoms with Crippen molar-refractivity contribution in [3.05, 3.63) is 46.7 Å². The monoisotopic (exact) mass is 334 g/mol. The molecular formula is C13H11BrN4O2. The highest BCUT2D eigenvalue weighted by Gasteiger charge is 2.08. The van der Waals surface area contributed by atoms with E-state index in [9.17, 15) is 9.59 Å². The molecule has 102 valence electrons. The van der Waals surface area contributed by atoms with E-state index in [2.05, 4.69) is 36.5 Å². The summed E-state index contributed by atoms with van der Waals surface area (Å²) in [6, 6.07) is 6.60. The molecule has 6 nitrogen and oxygen atoms in total. The molecule has 1 aromatic heterocycles. The maximum absolute atomic E-state index is 12.0. The van der Waals surface area contributed by atoms with Crippen LogP contribution in [-0.4, -0.2) is 21.8 Å². The van der Waals surface area contributed by atoms with Crippen LogP contribution in [0.3, 0.4) is 0 Å². The van der Waals surface area contributed by atoms with Gasteiger partial charge in [-0.05, 0) is 34.1 Å². The maximum atomic E-state index is 12.0. The molecule has 20 heavy (non-hydrogen) atoms. The topological polar surface area (TPSA) is 84.0 Å². The van der Waals surface area contributed by atoms with Crippen LogP contribution in [-0.2, 0) is 4.79 Å². The molecular weight excluding hydrogens is 324 g/mol. The zero-order valence-electron chi connectivity index (χ0n) is 10.6. The Morgan fingerprint density at radius 2 is 1.85 bits per heavy atom. The standard InChI is InChI=1S/C13H11BrN4O2/c1-8(19)17-11-4-2-3-9(5-11)12(20)18-13-15-6-10(14)7-16-13/h2-7H,1H3,(H,17,19)(H,15,16,18,20). The van der Waals surface area contributed by atoms with Crippen molar-refractivity contribution in [2.45, 2.75) is 6.92 Å². The van der Waals surface area contributed by atoms with Crippen LogP contribution in [0, 0.1) is 0 Å². The fraction of sp³-hybridized carbons (Fsp3) is 0.0769. The summed E-state index contributed by atoms with van der Waals surface area (Å²) in [5.41, 5.74) is 0.963. The van der Waals surface area contributed by atoms with Gasteiger partial charge in [0, 0.05) is 30.6 Å². The first-order chi connectivity index (χ1) is 9.54. The first kappa shape index (κ1) is 14.1. The Morgan fingerprint density at radius 3 is 2.50 bits per heavy atom. The summed E-state index contributed by atoms with van der Waals surface area (Å²) in [6.45, 7) is 1.41. The van der Waals surface area contributed by atoms with Crippen molar-refractivity contribution in [2.24, 2.45) is 0 Å². The van der Waals surface area contributed by atoms with Gasteiger partial charge in [0.15, 0.2) is 0 Å². The van der Waals surface area contributed by atoms with E-state index >= 15 is 0 Å². The zero-order chi connectivity index (χ0) is 14.5. The van der Waals surface area contributed by atoms with E-state index in [0.717, 1.165) is 4.47 Å². The van der Waals surface area contributed by atoms with E-state index in [1.54, 1.807) is 24.3 Å². The first-order valence-corrected chi connectivity index (χ1v) is 6.50. The third-order valence-corrected chi connectivity index (χ3v) is 2.70. The van der Waals surface area contributed by atoms with Crippen molar-refractivity contribution in [3.63, 3.8) is 0 Å². The van der Waals surface area contributed by atoms with Crippen LogP contribution in [0.2, 0.25) is 0 Å². The molecule has 2 aromatic rings. The molecule has 7 heteroatoms. The van der Waals surface area contributed by atoms with Crippen LogP contribution in [0.15, 0.2) is 41.1 Å². The van der Waals surface area contributed by atoms with E-state index < -0.39 is 0 Å². The Hall–Kier alpha value is -2.28. The third kappa shape index (κ3) is 3.86. The largest absolute Gasteiger partial charge is 0.326 e. The van der Waals surface area contributed by atoms with Gasteiger partial charge in [-0.15, -0.1) is 0 Å². The smallest absolute Gasteiger partial charge is 0.258 e. The quantitative estimate of drug-likeness (QED) is 0.902. The van der Waals surface area contributed by atoms with Gasteiger partial charge in [0.2, 0.25) is 11.9 Å². The number of nitrogens with zero attached hydrogens (tertiary/aromatic N) is 2. The molecule has 2 N–H and O–H groups in total. The Balaban J connectivity index is 2.12. The summed E-state index contributed by atoms with van der Waals surface area (Å²) < 4.78 is 0.725. The van der Waals surface area contributed by atoms with Crippen molar-refractivity contribution >= 4 is 39.4 Å². The Kier molecular flexibility index (Phi) is 4.41. The van der Waals surface area contributed by atoms with Gasteiger partial charge in [-0.3, -0.25) is 14.9 Å². The molecule has 0 radical (unpaired) electrons. The van der Waals surface area contributed by atoms with Gasteiger partial charge in [-0.1, -0.05) is 6.07 Å². The molecule has 0 aliphatic rings. The highest BCUT2D eigenvalue weighted by atomic mass is 79.9. The molecule has 0 saturated heterocycles. The molecule has 0 bridgehead atoms. The molecule has 0 aliphatic heterocycles. The summed E-state index contributed by atoms with van der Waals surface area (Å²) in [5, 5.41) is 5.19. The fourth-order valence-corrected chi connectivity index (χ4v) is 1.70. The van der Waals surface area contributed by atoms with Crippen molar-refractivity contribution < 1.29 is 9.59 Å². The molecule has 0 unspecified atom stereocenters. The summed E-state index contributed by atoms with van der Waals surface area (Å²) >= 11 is 3.21. The Morgan fingerprint density at radius 1 is 1.15 bits per heavy atom. The van der Waals surface area contributed by atoms with E-state index in [4.69, 9.17) is 0 Å². The Labute approximate surface area is 123 Å². The summed E-state index contributed by atoms with van der Waals surface area (Å²) in [6.07, 6.45) is 3.08. The predicted molar refractivity (Wildman–Crippen MR) is 78.4 cm³/mol. The van der Waals surface area contributed by atoms with Crippen molar-refractivity contribution in [1.29, 1.82) is 0 Å². The van der Waals surface area contributed by atoms with Gasteiger partial charge in [0.05, 0.1) is 4.47 Å². The lowest BCUT2D eigenvalue weighted by atomic mass is 10.2. The lowest BCUT2D eigenvalue weighted by Crippen LogP contribution is -2.14. The average molecular weight is 335 g/mol. The summed E-state index contributed by atoms with van der Waals surface area (Å²) in [5.74, 6) is -0.332. The number of carbonyl (C=O) groups excluding carboxylic acids is 2. The molecule has 0 fully saturated rings. The third-order valence-electron chi connectivity index (χ3n) is 2.29. The number of halogens is 1. The molecule has 2 rings (SSSR count). The lowest BCUT2D eigenvalue weighted by Gasteiger charge is -2.06. The molecule has 0 aliphatic carbocycles. The second-order valence-corrected chi connectivity index (χ2v) is 4.86. The number of anilines is 2. The van der Waals surface area contributed by atoms with Gasteiger partial charge >= 0.3 is 0 Å². The second-order valence-electron chi connectivity index (χ2n) is 3.94. The number of hydrogen-bond donors (Lipinski definition) is 2. The lowest BCUT2D eigenvalue weighted by molar-refractivity contribution is -0.114. The minimum Gasteiger partial charge on any atom is -0.326 e. The summed E-state index contributed by atoms with van der Waals surface area (Å²) in [4.78, 5) is 30.9.